The third kappa shape index (κ3) is 5.27. The van der Waals surface area contributed by atoms with Crippen molar-refractivity contribution >= 4 is 11.4 Å². The van der Waals surface area contributed by atoms with E-state index in [1.807, 2.05) is 18.2 Å². The number of nitrogens with two attached hydrogens (primary N) is 1. The summed E-state index contributed by atoms with van der Waals surface area (Å²) in [5, 5.41) is 3.32. The van der Waals surface area contributed by atoms with Crippen LogP contribution in [0.3, 0.4) is 0 Å². The van der Waals surface area contributed by atoms with Gasteiger partial charge in [0.2, 0.25) is 0 Å². The van der Waals surface area contributed by atoms with E-state index < -0.39 is 0 Å². The van der Waals surface area contributed by atoms with Gasteiger partial charge in [0.25, 0.3) is 0 Å². The quantitative estimate of drug-likeness (QED) is 0.552. The van der Waals surface area contributed by atoms with E-state index in [1.54, 1.807) is 7.11 Å². The molecule has 4 heteroatoms. The van der Waals surface area contributed by atoms with Gasteiger partial charge in [-0.05, 0) is 38.8 Å². The first-order valence-electron chi connectivity index (χ1n) is 6.42. The molecule has 0 spiro atoms. The van der Waals surface area contributed by atoms with Crippen molar-refractivity contribution in [1.82, 2.24) is 0 Å². The summed E-state index contributed by atoms with van der Waals surface area (Å²) in [5.41, 5.74) is 7.58. The molecule has 3 N–H and O–H groups in total. The summed E-state index contributed by atoms with van der Waals surface area (Å²) in [6.07, 6.45) is 2.44. The Morgan fingerprint density at radius 2 is 2.06 bits per heavy atom. The fraction of sp³-hybridized carbons (Fsp3) is 0.571. The van der Waals surface area contributed by atoms with Crippen LogP contribution < -0.4 is 15.8 Å². The lowest BCUT2D eigenvalue weighted by Crippen LogP contribution is -2.08. The number of ether oxygens (including phenoxy) is 2. The molecule has 0 atom stereocenters. The summed E-state index contributed by atoms with van der Waals surface area (Å²) in [6.45, 7) is 5.82. The van der Waals surface area contributed by atoms with Gasteiger partial charge in [0.15, 0.2) is 0 Å². The Kier molecular flexibility index (Phi) is 6.36. The van der Waals surface area contributed by atoms with E-state index in [1.165, 1.54) is 0 Å². The first kappa shape index (κ1) is 14.6. The topological polar surface area (TPSA) is 56.5 Å². The Bertz CT molecular complexity index is 354. The summed E-state index contributed by atoms with van der Waals surface area (Å²) in [5.74, 6) is 0.781. The SMILES string of the molecule is COc1ccc(NCCCCOC(C)C)c(N)c1. The Labute approximate surface area is 109 Å². The summed E-state index contributed by atoms with van der Waals surface area (Å²) >= 11 is 0. The highest BCUT2D eigenvalue weighted by atomic mass is 16.5. The molecule has 0 saturated heterocycles. The van der Waals surface area contributed by atoms with E-state index in [-0.39, 0.29) is 0 Å². The normalized spacial score (nSPS) is 10.7. The molecular weight excluding hydrogens is 228 g/mol. The lowest BCUT2D eigenvalue weighted by Gasteiger charge is -2.11. The lowest BCUT2D eigenvalue weighted by molar-refractivity contribution is 0.0765. The van der Waals surface area contributed by atoms with Gasteiger partial charge in [0.1, 0.15) is 5.75 Å². The van der Waals surface area contributed by atoms with Gasteiger partial charge in [-0.2, -0.15) is 0 Å². The van der Waals surface area contributed by atoms with Crippen LogP contribution in [0.4, 0.5) is 11.4 Å². The van der Waals surface area contributed by atoms with Crippen LogP contribution in [-0.4, -0.2) is 26.4 Å². The Morgan fingerprint density at radius 1 is 1.28 bits per heavy atom. The molecule has 1 aromatic rings. The molecule has 0 radical (unpaired) electrons. The third-order valence-corrected chi connectivity index (χ3v) is 2.60. The number of nitrogens with one attached hydrogen (secondary N) is 1. The zero-order chi connectivity index (χ0) is 13.4. The first-order valence-corrected chi connectivity index (χ1v) is 6.42. The molecular formula is C14H24N2O2. The van der Waals surface area contributed by atoms with E-state index >= 15 is 0 Å². The molecule has 0 bridgehead atoms. The molecule has 102 valence electrons. The molecule has 1 rings (SSSR count). The third-order valence-electron chi connectivity index (χ3n) is 2.60. The fourth-order valence-electron chi connectivity index (χ4n) is 1.60. The Morgan fingerprint density at radius 3 is 2.67 bits per heavy atom. The maximum atomic E-state index is 5.91. The number of unbranched alkanes of at least 4 members (excludes halogenated alkanes) is 1. The molecule has 0 saturated carbocycles. The maximum absolute atomic E-state index is 5.91. The van der Waals surface area contributed by atoms with E-state index in [2.05, 4.69) is 19.2 Å². The number of methoxy groups -OCH3 is 1. The summed E-state index contributed by atoms with van der Waals surface area (Å²) in [6, 6.07) is 5.67. The minimum Gasteiger partial charge on any atom is -0.497 e. The minimum atomic E-state index is 0.315. The van der Waals surface area contributed by atoms with Gasteiger partial charge in [-0.1, -0.05) is 0 Å². The van der Waals surface area contributed by atoms with Crippen molar-refractivity contribution in [3.05, 3.63) is 18.2 Å². The van der Waals surface area contributed by atoms with Gasteiger partial charge in [0, 0.05) is 19.2 Å². The molecule has 0 aliphatic rings. The lowest BCUT2D eigenvalue weighted by atomic mass is 10.2. The van der Waals surface area contributed by atoms with Crippen molar-refractivity contribution in [2.24, 2.45) is 0 Å². The highest BCUT2D eigenvalue weighted by molar-refractivity contribution is 5.68. The number of hydrogen-bond donors (Lipinski definition) is 2. The second kappa shape index (κ2) is 7.82. The highest BCUT2D eigenvalue weighted by Gasteiger charge is 2.00. The highest BCUT2D eigenvalue weighted by Crippen LogP contribution is 2.23. The molecule has 0 unspecified atom stereocenters. The molecule has 0 aliphatic heterocycles. The van der Waals surface area contributed by atoms with Gasteiger partial charge in [-0.15, -0.1) is 0 Å². The number of nitrogen functional groups attached to an aromatic ring is 1. The minimum absolute atomic E-state index is 0.315. The van der Waals surface area contributed by atoms with Crippen molar-refractivity contribution in [1.29, 1.82) is 0 Å². The van der Waals surface area contributed by atoms with Gasteiger partial charge in [-0.25, -0.2) is 0 Å². The van der Waals surface area contributed by atoms with Crippen molar-refractivity contribution in [2.75, 3.05) is 31.3 Å². The zero-order valence-corrected chi connectivity index (χ0v) is 11.5. The maximum Gasteiger partial charge on any atom is 0.121 e. The smallest absolute Gasteiger partial charge is 0.121 e. The van der Waals surface area contributed by atoms with Gasteiger partial charge in [-0.3, -0.25) is 0 Å². The average molecular weight is 252 g/mol. The van der Waals surface area contributed by atoms with Gasteiger partial charge >= 0.3 is 0 Å². The molecule has 0 aromatic heterocycles. The average Bonchev–Trinajstić information content (AvgIpc) is 2.34. The number of anilines is 2. The fourth-order valence-corrected chi connectivity index (χ4v) is 1.60. The number of rotatable bonds is 8. The van der Waals surface area contributed by atoms with Crippen LogP contribution in [0, 0.1) is 0 Å². The molecule has 0 fully saturated rings. The Hall–Kier alpha value is -1.42. The van der Waals surface area contributed by atoms with Crippen molar-refractivity contribution in [3.8, 4) is 5.75 Å². The summed E-state index contributed by atoms with van der Waals surface area (Å²) in [4.78, 5) is 0. The van der Waals surface area contributed by atoms with Crippen LogP contribution in [0.5, 0.6) is 5.75 Å². The van der Waals surface area contributed by atoms with Crippen LogP contribution >= 0.6 is 0 Å². The predicted molar refractivity (Wildman–Crippen MR) is 76.2 cm³/mol. The van der Waals surface area contributed by atoms with E-state index in [0.29, 0.717) is 11.8 Å². The number of benzene rings is 1. The zero-order valence-electron chi connectivity index (χ0n) is 11.5. The second-order valence-electron chi connectivity index (χ2n) is 4.51. The van der Waals surface area contributed by atoms with Crippen LogP contribution in [0.15, 0.2) is 18.2 Å². The summed E-state index contributed by atoms with van der Waals surface area (Å²) < 4.78 is 10.6. The van der Waals surface area contributed by atoms with Crippen molar-refractivity contribution < 1.29 is 9.47 Å². The second-order valence-corrected chi connectivity index (χ2v) is 4.51. The molecule has 1 aromatic carbocycles. The molecule has 18 heavy (non-hydrogen) atoms. The van der Waals surface area contributed by atoms with Gasteiger partial charge < -0.3 is 20.5 Å². The van der Waals surface area contributed by atoms with Gasteiger partial charge in [0.05, 0.1) is 24.6 Å². The van der Waals surface area contributed by atoms with Crippen LogP contribution in [0.1, 0.15) is 26.7 Å². The van der Waals surface area contributed by atoms with Crippen LogP contribution in [0.2, 0.25) is 0 Å². The summed E-state index contributed by atoms with van der Waals surface area (Å²) in [7, 11) is 1.64. The Balaban J connectivity index is 2.23. The first-order chi connectivity index (χ1) is 8.63. The number of hydrogen-bond acceptors (Lipinski definition) is 4. The van der Waals surface area contributed by atoms with Crippen molar-refractivity contribution in [3.63, 3.8) is 0 Å². The van der Waals surface area contributed by atoms with Crippen molar-refractivity contribution in [2.45, 2.75) is 32.8 Å². The molecule has 0 aliphatic carbocycles. The predicted octanol–water partition coefficient (Wildman–Crippen LogP) is 2.89. The van der Waals surface area contributed by atoms with E-state index in [9.17, 15) is 0 Å². The van der Waals surface area contributed by atoms with E-state index in [4.69, 9.17) is 15.2 Å². The standard InChI is InChI=1S/C14H24N2O2/c1-11(2)18-9-5-4-8-16-14-7-6-12(17-3)10-13(14)15/h6-7,10-11,16H,4-5,8-9,15H2,1-3H3. The van der Waals surface area contributed by atoms with Crippen LogP contribution in [-0.2, 0) is 4.74 Å². The molecule has 0 heterocycles. The molecule has 0 amide bonds. The largest absolute Gasteiger partial charge is 0.497 e. The monoisotopic (exact) mass is 252 g/mol. The molecule has 4 nitrogen and oxygen atoms in total. The van der Waals surface area contributed by atoms with E-state index in [0.717, 1.165) is 37.4 Å². The van der Waals surface area contributed by atoms with Crippen LogP contribution in [0.25, 0.3) is 0 Å².